The van der Waals surface area contributed by atoms with E-state index in [1.165, 1.54) is 24.3 Å². The molecular weight excluding hydrogens is 498 g/mol. The van der Waals surface area contributed by atoms with Crippen molar-refractivity contribution >= 4 is 27.4 Å². The second-order valence-corrected chi connectivity index (χ2v) is 12.2. The molecule has 3 aromatic rings. The summed E-state index contributed by atoms with van der Waals surface area (Å²) < 4.78 is 31.3. The molecule has 0 aliphatic heterocycles. The lowest BCUT2D eigenvalue weighted by molar-refractivity contribution is -0.136. The van der Waals surface area contributed by atoms with Crippen LogP contribution in [0.1, 0.15) is 44.4 Å². The van der Waals surface area contributed by atoms with Crippen LogP contribution in [0.15, 0.2) is 82.6 Å². The number of sulfone groups is 1. The molecule has 192 valence electrons. The summed E-state index contributed by atoms with van der Waals surface area (Å²) in [5.41, 5.74) is 1.53. The van der Waals surface area contributed by atoms with Crippen molar-refractivity contribution in [1.29, 1.82) is 0 Å². The van der Waals surface area contributed by atoms with Crippen LogP contribution in [-0.4, -0.2) is 32.6 Å². The number of benzene rings is 3. The number of hydrogen-bond donors (Lipinski definition) is 2. The molecule has 6 nitrogen and oxygen atoms in total. The van der Waals surface area contributed by atoms with Gasteiger partial charge in [-0.2, -0.15) is 0 Å². The number of ether oxygens (including phenoxy) is 1. The Morgan fingerprint density at radius 3 is 2.19 bits per heavy atom. The molecule has 0 saturated carbocycles. The zero-order valence-electron chi connectivity index (χ0n) is 20.7. The van der Waals surface area contributed by atoms with Crippen molar-refractivity contribution in [2.24, 2.45) is 5.41 Å². The van der Waals surface area contributed by atoms with Gasteiger partial charge in [-0.1, -0.05) is 56.6 Å². The maximum Gasteiger partial charge on any atom is 0.311 e. The first kappa shape index (κ1) is 27.9. The highest BCUT2D eigenvalue weighted by Gasteiger charge is 2.20. The van der Waals surface area contributed by atoms with Crippen molar-refractivity contribution in [2.75, 3.05) is 13.1 Å². The normalized spacial score (nSPS) is 12.8. The van der Waals surface area contributed by atoms with E-state index < -0.39 is 15.9 Å². The lowest BCUT2D eigenvalue weighted by atomic mass is 9.92. The van der Waals surface area contributed by atoms with Gasteiger partial charge in [-0.05, 0) is 78.0 Å². The molecule has 0 heterocycles. The SMILES string of the molecule is CC(C)(C)CC(=O)Oc1ccc(S(=O)(=O)c2ccc(CCNCC(O)c3cccc(Cl)c3)cc2)cc1. The molecule has 3 rings (SSSR count). The fraction of sp³-hybridized carbons (Fsp3) is 0.321. The molecule has 0 saturated heterocycles. The van der Waals surface area contributed by atoms with Crippen molar-refractivity contribution in [2.45, 2.75) is 49.5 Å². The van der Waals surface area contributed by atoms with Crippen molar-refractivity contribution in [1.82, 2.24) is 5.32 Å². The molecule has 0 bridgehead atoms. The highest BCUT2D eigenvalue weighted by atomic mass is 35.5. The lowest BCUT2D eigenvalue weighted by Gasteiger charge is -2.16. The van der Waals surface area contributed by atoms with Gasteiger partial charge in [0.25, 0.3) is 0 Å². The van der Waals surface area contributed by atoms with E-state index in [0.29, 0.717) is 30.3 Å². The lowest BCUT2D eigenvalue weighted by Crippen LogP contribution is -2.23. The quantitative estimate of drug-likeness (QED) is 0.208. The second kappa shape index (κ2) is 12.0. The Kier molecular flexibility index (Phi) is 9.30. The molecule has 2 N–H and O–H groups in total. The number of rotatable bonds is 10. The van der Waals surface area contributed by atoms with E-state index >= 15 is 0 Å². The summed E-state index contributed by atoms with van der Waals surface area (Å²) in [4.78, 5) is 12.3. The summed E-state index contributed by atoms with van der Waals surface area (Å²) in [7, 11) is -3.70. The fourth-order valence-electron chi connectivity index (χ4n) is 3.56. The second-order valence-electron chi connectivity index (χ2n) is 9.86. The molecule has 1 atom stereocenters. The molecule has 0 aromatic heterocycles. The summed E-state index contributed by atoms with van der Waals surface area (Å²) in [6.45, 7) is 6.84. The minimum Gasteiger partial charge on any atom is -0.427 e. The predicted octanol–water partition coefficient (Wildman–Crippen LogP) is 5.38. The van der Waals surface area contributed by atoms with E-state index in [4.69, 9.17) is 16.3 Å². The summed E-state index contributed by atoms with van der Waals surface area (Å²) in [6, 6.07) is 19.7. The standard InChI is InChI=1S/C28H32ClNO5S/c1-28(2,3)18-27(32)35-23-9-13-25(14-10-23)36(33,34)24-11-7-20(8-12-24)15-16-30-19-26(31)21-5-4-6-22(29)17-21/h4-14,17,26,30-31H,15-16,18-19H2,1-3H3. The minimum absolute atomic E-state index is 0.127. The first-order valence-corrected chi connectivity index (χ1v) is 13.6. The van der Waals surface area contributed by atoms with Crippen LogP contribution in [-0.2, 0) is 21.1 Å². The van der Waals surface area contributed by atoms with Crippen LogP contribution in [0.3, 0.4) is 0 Å². The van der Waals surface area contributed by atoms with Crippen LogP contribution in [0.4, 0.5) is 0 Å². The number of nitrogens with one attached hydrogen (secondary N) is 1. The number of hydrogen-bond acceptors (Lipinski definition) is 6. The molecule has 0 aliphatic rings. The zero-order valence-corrected chi connectivity index (χ0v) is 22.3. The van der Waals surface area contributed by atoms with Crippen LogP contribution in [0, 0.1) is 5.41 Å². The van der Waals surface area contributed by atoms with Gasteiger partial charge >= 0.3 is 5.97 Å². The Labute approximate surface area is 218 Å². The third-order valence-corrected chi connectivity index (χ3v) is 7.46. The van der Waals surface area contributed by atoms with Gasteiger partial charge in [-0.15, -0.1) is 0 Å². The first-order chi connectivity index (χ1) is 16.9. The third kappa shape index (κ3) is 8.17. The Morgan fingerprint density at radius 2 is 1.61 bits per heavy atom. The van der Waals surface area contributed by atoms with Crippen molar-refractivity contribution in [3.05, 3.63) is 88.9 Å². The van der Waals surface area contributed by atoms with E-state index in [1.54, 1.807) is 42.5 Å². The Hall–Kier alpha value is -2.71. The smallest absolute Gasteiger partial charge is 0.311 e. The molecule has 0 spiro atoms. The zero-order chi connectivity index (χ0) is 26.3. The molecule has 1 unspecified atom stereocenters. The van der Waals surface area contributed by atoms with E-state index in [1.807, 2.05) is 26.8 Å². The molecule has 36 heavy (non-hydrogen) atoms. The average molecular weight is 530 g/mol. The summed E-state index contributed by atoms with van der Waals surface area (Å²) in [6.07, 6.45) is 0.277. The van der Waals surface area contributed by atoms with Crippen LogP contribution in [0.25, 0.3) is 0 Å². The predicted molar refractivity (Wildman–Crippen MR) is 141 cm³/mol. The third-order valence-electron chi connectivity index (χ3n) is 5.44. The summed E-state index contributed by atoms with van der Waals surface area (Å²) >= 11 is 5.97. The topological polar surface area (TPSA) is 92.7 Å². The maximum atomic E-state index is 13.0. The van der Waals surface area contributed by atoms with Gasteiger partial charge in [-0.25, -0.2) is 8.42 Å². The van der Waals surface area contributed by atoms with Gasteiger partial charge in [0.05, 0.1) is 22.3 Å². The largest absolute Gasteiger partial charge is 0.427 e. The average Bonchev–Trinajstić information content (AvgIpc) is 2.81. The van der Waals surface area contributed by atoms with Crippen molar-refractivity contribution in [3.63, 3.8) is 0 Å². The molecule has 8 heteroatoms. The van der Waals surface area contributed by atoms with Crippen LogP contribution in [0.2, 0.25) is 5.02 Å². The molecular formula is C28H32ClNO5S. The molecule has 0 aliphatic carbocycles. The monoisotopic (exact) mass is 529 g/mol. The number of halogens is 1. The van der Waals surface area contributed by atoms with E-state index in [9.17, 15) is 18.3 Å². The summed E-state index contributed by atoms with van der Waals surface area (Å²) in [5, 5.41) is 14.1. The Balaban J connectivity index is 1.53. The van der Waals surface area contributed by atoms with E-state index in [-0.39, 0.29) is 27.6 Å². The number of aliphatic hydroxyl groups excluding tert-OH is 1. The van der Waals surface area contributed by atoms with Crippen LogP contribution < -0.4 is 10.1 Å². The van der Waals surface area contributed by atoms with Crippen molar-refractivity contribution in [3.8, 4) is 5.75 Å². The highest BCUT2D eigenvalue weighted by Crippen LogP contribution is 2.25. The highest BCUT2D eigenvalue weighted by molar-refractivity contribution is 7.91. The van der Waals surface area contributed by atoms with Gasteiger partial charge in [0.1, 0.15) is 5.75 Å². The number of carbonyl (C=O) groups excluding carboxylic acids is 1. The van der Waals surface area contributed by atoms with E-state index in [2.05, 4.69) is 5.32 Å². The van der Waals surface area contributed by atoms with Gasteiger partial charge in [0.2, 0.25) is 9.84 Å². The Morgan fingerprint density at radius 1 is 1.00 bits per heavy atom. The fourth-order valence-corrected chi connectivity index (χ4v) is 5.02. The van der Waals surface area contributed by atoms with Gasteiger partial charge in [0, 0.05) is 11.6 Å². The minimum atomic E-state index is -3.70. The molecule has 0 fully saturated rings. The van der Waals surface area contributed by atoms with Gasteiger partial charge in [-0.3, -0.25) is 4.79 Å². The van der Waals surface area contributed by atoms with Gasteiger partial charge < -0.3 is 15.2 Å². The number of aliphatic hydroxyl groups is 1. The van der Waals surface area contributed by atoms with Gasteiger partial charge in [0.15, 0.2) is 0 Å². The molecule has 0 radical (unpaired) electrons. The molecule has 0 amide bonds. The number of carbonyl (C=O) groups is 1. The number of esters is 1. The Bertz CT molecular complexity index is 1270. The maximum absolute atomic E-state index is 13.0. The van der Waals surface area contributed by atoms with Crippen LogP contribution in [0.5, 0.6) is 5.75 Å². The van der Waals surface area contributed by atoms with E-state index in [0.717, 1.165) is 11.1 Å². The van der Waals surface area contributed by atoms with Crippen LogP contribution >= 0.6 is 11.6 Å². The van der Waals surface area contributed by atoms with Crippen molar-refractivity contribution < 1.29 is 23.1 Å². The first-order valence-electron chi connectivity index (χ1n) is 11.7. The summed E-state index contributed by atoms with van der Waals surface area (Å²) in [5.74, 6) is -0.0475. The molecule has 3 aromatic carbocycles.